The SMILES string of the molecule is CC1(C)OB(c2cccc(NC(=O)NCC(F)(F)CN)c2)OC1(C)C. The number of anilines is 1. The van der Waals surface area contributed by atoms with Gasteiger partial charge in [0.05, 0.1) is 24.3 Å². The Morgan fingerprint density at radius 2 is 1.84 bits per heavy atom. The van der Waals surface area contributed by atoms with Crippen LogP contribution in [0.1, 0.15) is 27.7 Å². The number of carbonyl (C=O) groups is 1. The van der Waals surface area contributed by atoms with Gasteiger partial charge in [-0.15, -0.1) is 0 Å². The van der Waals surface area contributed by atoms with Crippen molar-refractivity contribution in [3.05, 3.63) is 24.3 Å². The Balaban J connectivity index is 2.01. The summed E-state index contributed by atoms with van der Waals surface area (Å²) in [5.41, 5.74) is 5.14. The Morgan fingerprint density at radius 3 is 2.40 bits per heavy atom. The summed E-state index contributed by atoms with van der Waals surface area (Å²) in [6, 6.07) is 6.13. The number of alkyl halides is 2. The van der Waals surface area contributed by atoms with Crippen molar-refractivity contribution in [3.63, 3.8) is 0 Å². The van der Waals surface area contributed by atoms with Crippen LogP contribution >= 0.6 is 0 Å². The predicted molar refractivity (Wildman–Crippen MR) is 93.2 cm³/mol. The highest BCUT2D eigenvalue weighted by Crippen LogP contribution is 2.36. The quantitative estimate of drug-likeness (QED) is 0.702. The van der Waals surface area contributed by atoms with Crippen molar-refractivity contribution in [2.45, 2.75) is 44.8 Å². The summed E-state index contributed by atoms with van der Waals surface area (Å²) in [5.74, 6) is -3.14. The van der Waals surface area contributed by atoms with Crippen LogP contribution < -0.4 is 21.8 Å². The Morgan fingerprint density at radius 1 is 1.24 bits per heavy atom. The van der Waals surface area contributed by atoms with Gasteiger partial charge in [0.15, 0.2) is 0 Å². The molecule has 0 saturated carbocycles. The zero-order valence-electron chi connectivity index (χ0n) is 14.9. The topological polar surface area (TPSA) is 85.6 Å². The molecule has 1 aliphatic rings. The summed E-state index contributed by atoms with van der Waals surface area (Å²) in [6.45, 7) is 6.12. The van der Waals surface area contributed by atoms with Gasteiger partial charge >= 0.3 is 13.1 Å². The molecule has 2 amide bonds. The maximum Gasteiger partial charge on any atom is 0.494 e. The van der Waals surface area contributed by atoms with E-state index in [0.29, 0.717) is 5.69 Å². The molecule has 4 N–H and O–H groups in total. The van der Waals surface area contributed by atoms with Crippen LogP contribution in [0.4, 0.5) is 19.3 Å². The number of hydrogen-bond acceptors (Lipinski definition) is 4. The van der Waals surface area contributed by atoms with E-state index in [1.54, 1.807) is 18.2 Å². The van der Waals surface area contributed by atoms with Crippen molar-refractivity contribution in [1.29, 1.82) is 0 Å². The minimum absolute atomic E-state index is 0.445. The number of nitrogens with two attached hydrogens (primary N) is 1. The molecule has 6 nitrogen and oxygen atoms in total. The lowest BCUT2D eigenvalue weighted by Crippen LogP contribution is -2.43. The van der Waals surface area contributed by atoms with Crippen LogP contribution in [-0.2, 0) is 9.31 Å². The minimum Gasteiger partial charge on any atom is -0.399 e. The first kappa shape index (κ1) is 19.6. The third kappa shape index (κ3) is 4.68. The molecule has 1 saturated heterocycles. The Kier molecular flexibility index (Phi) is 5.41. The number of rotatable bonds is 5. The van der Waals surface area contributed by atoms with Gasteiger partial charge in [-0.1, -0.05) is 12.1 Å². The monoisotopic (exact) mass is 355 g/mol. The summed E-state index contributed by atoms with van der Waals surface area (Å²) in [7, 11) is -0.573. The van der Waals surface area contributed by atoms with Crippen LogP contribution in [0.15, 0.2) is 24.3 Å². The molecular weight excluding hydrogens is 331 g/mol. The number of hydrogen-bond donors (Lipinski definition) is 3. The predicted octanol–water partition coefficient (Wildman–Crippen LogP) is 1.70. The fraction of sp³-hybridized carbons (Fsp3) is 0.562. The van der Waals surface area contributed by atoms with Crippen LogP contribution in [0.5, 0.6) is 0 Å². The van der Waals surface area contributed by atoms with Crippen LogP contribution in [0.25, 0.3) is 0 Å². The molecule has 138 valence electrons. The maximum atomic E-state index is 13.1. The Bertz CT molecular complexity index is 625. The van der Waals surface area contributed by atoms with Gasteiger partial charge in [0, 0.05) is 5.69 Å². The molecule has 1 aromatic carbocycles. The van der Waals surface area contributed by atoms with Gasteiger partial charge in [0.1, 0.15) is 0 Å². The summed E-state index contributed by atoms with van der Waals surface area (Å²) in [4.78, 5) is 11.8. The second-order valence-electron chi connectivity index (χ2n) is 7.08. The number of amides is 2. The molecule has 25 heavy (non-hydrogen) atoms. The van der Waals surface area contributed by atoms with Gasteiger partial charge < -0.3 is 25.7 Å². The standard InChI is InChI=1S/C16H24BF2N3O3/c1-14(2)15(3,4)25-17(24-14)11-6-5-7-12(8-11)22-13(23)21-10-16(18,19)9-20/h5-8H,9-10,20H2,1-4H3,(H2,21,22,23). The molecule has 1 aliphatic heterocycles. The summed E-state index contributed by atoms with van der Waals surface area (Å²) in [6.07, 6.45) is 0. The minimum atomic E-state index is -3.14. The van der Waals surface area contributed by atoms with Gasteiger partial charge in [-0.05, 0) is 45.3 Å². The van der Waals surface area contributed by atoms with E-state index in [4.69, 9.17) is 15.0 Å². The van der Waals surface area contributed by atoms with E-state index in [0.717, 1.165) is 5.46 Å². The lowest BCUT2D eigenvalue weighted by molar-refractivity contribution is 0.00578. The molecule has 0 aliphatic carbocycles. The van der Waals surface area contributed by atoms with Crippen molar-refractivity contribution < 1.29 is 22.9 Å². The second-order valence-corrected chi connectivity index (χ2v) is 7.08. The van der Waals surface area contributed by atoms with Crippen LogP contribution in [-0.4, -0.2) is 43.4 Å². The normalized spacial score (nSPS) is 18.9. The molecule has 0 atom stereocenters. The number of carbonyl (C=O) groups excluding carboxylic acids is 1. The van der Waals surface area contributed by atoms with Crippen molar-refractivity contribution in [3.8, 4) is 0 Å². The van der Waals surface area contributed by atoms with Gasteiger partial charge in [-0.25, -0.2) is 13.6 Å². The number of urea groups is 1. The van der Waals surface area contributed by atoms with Crippen molar-refractivity contribution in [2.24, 2.45) is 5.73 Å². The van der Waals surface area contributed by atoms with Gasteiger partial charge in [-0.2, -0.15) is 0 Å². The Hall–Kier alpha value is -1.71. The molecule has 0 unspecified atom stereocenters. The van der Waals surface area contributed by atoms with Gasteiger partial charge in [0.25, 0.3) is 5.92 Å². The smallest absolute Gasteiger partial charge is 0.399 e. The summed E-state index contributed by atoms with van der Waals surface area (Å²) < 4.78 is 38.0. The zero-order chi connectivity index (χ0) is 18.9. The van der Waals surface area contributed by atoms with E-state index in [-0.39, 0.29) is 0 Å². The highest BCUT2D eigenvalue weighted by molar-refractivity contribution is 6.62. The molecule has 2 rings (SSSR count). The zero-order valence-corrected chi connectivity index (χ0v) is 14.9. The van der Waals surface area contributed by atoms with Gasteiger partial charge in [-0.3, -0.25) is 0 Å². The third-order valence-corrected chi connectivity index (χ3v) is 4.48. The third-order valence-electron chi connectivity index (χ3n) is 4.48. The molecule has 0 radical (unpaired) electrons. The maximum absolute atomic E-state index is 13.1. The Labute approximate surface area is 146 Å². The molecule has 1 aromatic rings. The molecular formula is C16H24BF2N3O3. The van der Waals surface area contributed by atoms with E-state index in [9.17, 15) is 13.6 Å². The average Bonchev–Trinajstić information content (AvgIpc) is 2.74. The fourth-order valence-corrected chi connectivity index (χ4v) is 2.20. The van der Waals surface area contributed by atoms with E-state index >= 15 is 0 Å². The van der Waals surface area contributed by atoms with Crippen molar-refractivity contribution in [2.75, 3.05) is 18.4 Å². The largest absolute Gasteiger partial charge is 0.494 e. The van der Waals surface area contributed by atoms with Crippen LogP contribution in [0.2, 0.25) is 0 Å². The first-order valence-corrected chi connectivity index (χ1v) is 8.04. The molecule has 0 bridgehead atoms. The highest BCUT2D eigenvalue weighted by atomic mass is 19.3. The van der Waals surface area contributed by atoms with E-state index in [2.05, 4.69) is 10.6 Å². The first-order valence-electron chi connectivity index (χ1n) is 8.04. The lowest BCUT2D eigenvalue weighted by atomic mass is 9.79. The molecule has 0 spiro atoms. The number of benzene rings is 1. The molecule has 1 heterocycles. The van der Waals surface area contributed by atoms with Crippen molar-refractivity contribution in [1.82, 2.24) is 5.32 Å². The lowest BCUT2D eigenvalue weighted by Gasteiger charge is -2.32. The summed E-state index contributed by atoms with van der Waals surface area (Å²) >= 11 is 0. The number of halogens is 2. The van der Waals surface area contributed by atoms with Crippen LogP contribution in [0.3, 0.4) is 0 Å². The van der Waals surface area contributed by atoms with Crippen LogP contribution in [0, 0.1) is 0 Å². The average molecular weight is 355 g/mol. The van der Waals surface area contributed by atoms with Gasteiger partial charge in [0.2, 0.25) is 0 Å². The van der Waals surface area contributed by atoms with E-state index in [1.807, 2.05) is 33.8 Å². The van der Waals surface area contributed by atoms with Crippen molar-refractivity contribution >= 4 is 24.3 Å². The highest BCUT2D eigenvalue weighted by Gasteiger charge is 2.51. The summed E-state index contributed by atoms with van der Waals surface area (Å²) in [5, 5.41) is 4.60. The molecule has 0 aromatic heterocycles. The van der Waals surface area contributed by atoms with E-state index in [1.165, 1.54) is 0 Å². The second kappa shape index (κ2) is 6.89. The molecule has 9 heteroatoms. The first-order chi connectivity index (χ1) is 11.5. The molecule has 1 fully saturated rings. The fourth-order valence-electron chi connectivity index (χ4n) is 2.20. The number of nitrogens with one attached hydrogen (secondary N) is 2. The van der Waals surface area contributed by atoms with E-state index < -0.39 is 43.4 Å².